The van der Waals surface area contributed by atoms with Crippen LogP contribution in [0.25, 0.3) is 0 Å². The molecule has 2 aromatic carbocycles. The minimum Gasteiger partial charge on any atom is -0.292 e. The van der Waals surface area contributed by atoms with Gasteiger partial charge in [0.15, 0.2) is 0 Å². The molecule has 1 N–H and O–H groups in total. The Morgan fingerprint density at radius 3 is 2.56 bits per heavy atom. The second kappa shape index (κ2) is 8.92. The van der Waals surface area contributed by atoms with E-state index in [1.54, 1.807) is 11.0 Å². The summed E-state index contributed by atoms with van der Waals surface area (Å²) in [6, 6.07) is 17.3. The Morgan fingerprint density at radius 2 is 1.89 bits per heavy atom. The molecule has 0 fully saturated rings. The number of likely N-dealkylation sites (N-methyl/N-ethyl adjacent to an activating group) is 1. The number of nitrogens with zero attached hydrogens (tertiary/aromatic N) is 4. The van der Waals surface area contributed by atoms with Crippen LogP contribution in [0.3, 0.4) is 0 Å². The first-order valence-corrected chi connectivity index (χ1v) is 9.56. The Labute approximate surface area is 167 Å². The van der Waals surface area contributed by atoms with Gasteiger partial charge in [-0.25, -0.2) is 9.67 Å². The second-order valence-corrected chi connectivity index (χ2v) is 7.18. The molecule has 0 radical (unpaired) electrons. The van der Waals surface area contributed by atoms with Crippen molar-refractivity contribution in [3.05, 3.63) is 76.5 Å². The number of benzene rings is 2. The summed E-state index contributed by atoms with van der Waals surface area (Å²) in [5.74, 6) is 0.162. The fourth-order valence-corrected chi connectivity index (χ4v) is 3.07. The van der Waals surface area contributed by atoms with Gasteiger partial charge < -0.3 is 0 Å². The van der Waals surface area contributed by atoms with Crippen LogP contribution < -0.4 is 5.32 Å². The summed E-state index contributed by atoms with van der Waals surface area (Å²) < 4.78 is 2.74. The molecule has 0 aliphatic rings. The molecule has 0 bridgehead atoms. The van der Waals surface area contributed by atoms with Crippen molar-refractivity contribution in [3.63, 3.8) is 0 Å². The van der Waals surface area contributed by atoms with Crippen molar-refractivity contribution >= 4 is 27.8 Å². The maximum Gasteiger partial charge on any atom is 0.248 e. The summed E-state index contributed by atoms with van der Waals surface area (Å²) >= 11 is 3.43. The van der Waals surface area contributed by atoms with Crippen LogP contribution in [0.1, 0.15) is 24.1 Å². The Kier molecular flexibility index (Phi) is 6.36. The predicted molar refractivity (Wildman–Crippen MR) is 109 cm³/mol. The first-order chi connectivity index (χ1) is 13.1. The molecule has 27 heavy (non-hydrogen) atoms. The Hall–Kier alpha value is -2.51. The number of amides is 1. The number of anilines is 1. The molecular weight excluding hydrogens is 406 g/mol. The van der Waals surface area contributed by atoms with E-state index in [1.165, 1.54) is 0 Å². The van der Waals surface area contributed by atoms with Crippen molar-refractivity contribution in [1.82, 2.24) is 19.7 Å². The van der Waals surface area contributed by atoms with Crippen LogP contribution >= 0.6 is 15.9 Å². The van der Waals surface area contributed by atoms with E-state index in [-0.39, 0.29) is 5.91 Å². The fourth-order valence-electron chi connectivity index (χ4n) is 2.81. The average molecular weight is 428 g/mol. The lowest BCUT2D eigenvalue weighted by Crippen LogP contribution is -2.34. The number of hydrogen-bond acceptors (Lipinski definition) is 4. The van der Waals surface area contributed by atoms with Gasteiger partial charge in [0.05, 0.1) is 6.54 Å². The second-order valence-electron chi connectivity index (χ2n) is 6.27. The molecule has 7 heteroatoms. The van der Waals surface area contributed by atoms with Gasteiger partial charge in [-0.3, -0.25) is 15.0 Å². The quantitative estimate of drug-likeness (QED) is 0.623. The van der Waals surface area contributed by atoms with Crippen LogP contribution in [0.5, 0.6) is 0 Å². The number of halogens is 1. The maximum atomic E-state index is 12.9. The molecule has 3 rings (SSSR count). The minimum absolute atomic E-state index is 0.146. The van der Waals surface area contributed by atoms with Crippen molar-refractivity contribution in [2.75, 3.05) is 18.9 Å². The Morgan fingerprint density at radius 1 is 1.19 bits per heavy atom. The summed E-state index contributed by atoms with van der Waals surface area (Å²) in [4.78, 5) is 19.1. The number of nitrogens with one attached hydrogen (secondary N) is 1. The van der Waals surface area contributed by atoms with Crippen LogP contribution in [-0.4, -0.2) is 39.2 Å². The van der Waals surface area contributed by atoms with E-state index in [2.05, 4.69) is 31.3 Å². The van der Waals surface area contributed by atoms with Crippen molar-refractivity contribution in [1.29, 1.82) is 0 Å². The number of rotatable bonds is 7. The molecule has 1 atom stereocenters. The summed E-state index contributed by atoms with van der Waals surface area (Å²) in [7, 11) is 1.93. The highest BCUT2D eigenvalue weighted by molar-refractivity contribution is 9.10. The third-order valence-electron chi connectivity index (χ3n) is 4.33. The zero-order chi connectivity index (χ0) is 19.2. The van der Waals surface area contributed by atoms with Gasteiger partial charge in [0.25, 0.3) is 0 Å². The number of aromatic nitrogens is 3. The predicted octanol–water partition coefficient (Wildman–Crippen LogP) is 3.72. The third kappa shape index (κ3) is 5.02. The van der Waals surface area contributed by atoms with Crippen molar-refractivity contribution in [3.8, 4) is 0 Å². The van der Waals surface area contributed by atoms with Gasteiger partial charge >= 0.3 is 0 Å². The molecule has 1 aromatic heterocycles. The molecule has 1 amide bonds. The van der Waals surface area contributed by atoms with Crippen LogP contribution in [0.15, 0.2) is 65.4 Å². The standard InChI is InChI=1S/C20H22BrN5O/c1-3-25(2)18(16-7-5-4-6-8-16)19(27)23-20-22-14-26(24-20)13-15-9-11-17(21)12-10-15/h4-12,14,18H,3,13H2,1-2H3,(H,23,24,27). The van der Waals surface area contributed by atoms with Crippen molar-refractivity contribution in [2.45, 2.75) is 19.5 Å². The monoisotopic (exact) mass is 427 g/mol. The number of carbonyl (C=O) groups is 1. The van der Waals surface area contributed by atoms with Gasteiger partial charge in [-0.1, -0.05) is 65.3 Å². The Balaban J connectivity index is 1.71. The van der Waals surface area contributed by atoms with Gasteiger partial charge in [-0.15, -0.1) is 5.10 Å². The molecule has 0 aliphatic carbocycles. The molecule has 6 nitrogen and oxygen atoms in total. The van der Waals surface area contributed by atoms with Crippen LogP contribution in [0, 0.1) is 0 Å². The largest absolute Gasteiger partial charge is 0.292 e. The smallest absolute Gasteiger partial charge is 0.248 e. The SMILES string of the molecule is CCN(C)C(C(=O)Nc1ncn(Cc2ccc(Br)cc2)n1)c1ccccc1. The van der Waals surface area contributed by atoms with E-state index in [1.807, 2.05) is 73.5 Å². The van der Waals surface area contributed by atoms with E-state index in [0.29, 0.717) is 12.5 Å². The topological polar surface area (TPSA) is 63.1 Å². The first-order valence-electron chi connectivity index (χ1n) is 8.76. The first kappa shape index (κ1) is 19.3. The maximum absolute atomic E-state index is 12.9. The van der Waals surface area contributed by atoms with E-state index in [4.69, 9.17) is 0 Å². The van der Waals surface area contributed by atoms with Gasteiger partial charge in [0, 0.05) is 4.47 Å². The summed E-state index contributed by atoms with van der Waals surface area (Å²) in [5, 5.41) is 7.21. The normalized spacial score (nSPS) is 12.1. The molecule has 0 spiro atoms. The third-order valence-corrected chi connectivity index (χ3v) is 4.86. The van der Waals surface area contributed by atoms with Crippen LogP contribution in [-0.2, 0) is 11.3 Å². The van der Waals surface area contributed by atoms with E-state index in [0.717, 1.165) is 22.1 Å². The average Bonchev–Trinajstić information content (AvgIpc) is 3.11. The van der Waals surface area contributed by atoms with Gasteiger partial charge in [-0.05, 0) is 36.9 Å². The lowest BCUT2D eigenvalue weighted by atomic mass is 10.1. The Bertz CT molecular complexity index is 879. The van der Waals surface area contributed by atoms with Crippen LogP contribution in [0.2, 0.25) is 0 Å². The minimum atomic E-state index is -0.394. The van der Waals surface area contributed by atoms with Crippen molar-refractivity contribution in [2.24, 2.45) is 0 Å². The lowest BCUT2D eigenvalue weighted by molar-refractivity contribution is -0.121. The van der Waals surface area contributed by atoms with Gasteiger partial charge in [0.1, 0.15) is 12.4 Å². The highest BCUT2D eigenvalue weighted by atomic mass is 79.9. The highest BCUT2D eigenvalue weighted by Crippen LogP contribution is 2.20. The number of hydrogen-bond donors (Lipinski definition) is 1. The molecule has 1 heterocycles. The molecular formula is C20H22BrN5O. The highest BCUT2D eigenvalue weighted by Gasteiger charge is 2.25. The van der Waals surface area contributed by atoms with Gasteiger partial charge in [0.2, 0.25) is 11.9 Å². The van der Waals surface area contributed by atoms with E-state index < -0.39 is 6.04 Å². The van der Waals surface area contributed by atoms with E-state index in [9.17, 15) is 4.79 Å². The van der Waals surface area contributed by atoms with Gasteiger partial charge in [-0.2, -0.15) is 0 Å². The molecule has 140 valence electrons. The molecule has 0 aliphatic heterocycles. The lowest BCUT2D eigenvalue weighted by Gasteiger charge is -2.25. The molecule has 0 saturated heterocycles. The number of carbonyl (C=O) groups excluding carboxylic acids is 1. The van der Waals surface area contributed by atoms with Crippen LogP contribution in [0.4, 0.5) is 5.95 Å². The fraction of sp³-hybridized carbons (Fsp3) is 0.250. The zero-order valence-electron chi connectivity index (χ0n) is 15.3. The zero-order valence-corrected chi connectivity index (χ0v) is 16.9. The van der Waals surface area contributed by atoms with E-state index >= 15 is 0 Å². The molecule has 0 saturated carbocycles. The summed E-state index contributed by atoms with van der Waals surface area (Å²) in [6.45, 7) is 3.36. The molecule has 3 aromatic rings. The summed E-state index contributed by atoms with van der Waals surface area (Å²) in [6.07, 6.45) is 1.62. The van der Waals surface area contributed by atoms with Crippen molar-refractivity contribution < 1.29 is 4.79 Å². The summed E-state index contributed by atoms with van der Waals surface area (Å²) in [5.41, 5.74) is 2.04. The molecule has 1 unspecified atom stereocenters.